The standard InChI is InChI=1S/C15H8Cl3N3O2/c16-10-3-1-8(2-4-10)13(22)19-15-21-20-14(23-15)9-5-11(17)7-12(18)6-9/h1-7H,(H,19,21,22). The third kappa shape index (κ3) is 3.82. The zero-order valence-corrected chi connectivity index (χ0v) is 13.7. The number of amides is 1. The molecule has 3 rings (SSSR count). The number of nitrogens with one attached hydrogen (secondary N) is 1. The van der Waals surface area contributed by atoms with Crippen LogP contribution in [0, 0.1) is 0 Å². The number of hydrogen-bond acceptors (Lipinski definition) is 4. The van der Waals surface area contributed by atoms with Crippen molar-refractivity contribution >= 4 is 46.7 Å². The summed E-state index contributed by atoms with van der Waals surface area (Å²) in [4.78, 5) is 12.1. The summed E-state index contributed by atoms with van der Waals surface area (Å²) in [6, 6.07) is 11.2. The van der Waals surface area contributed by atoms with Crippen LogP contribution in [-0.4, -0.2) is 16.1 Å². The number of rotatable bonds is 3. The van der Waals surface area contributed by atoms with Crippen LogP contribution in [0.5, 0.6) is 0 Å². The molecule has 0 saturated heterocycles. The van der Waals surface area contributed by atoms with Crippen molar-refractivity contribution in [1.29, 1.82) is 0 Å². The van der Waals surface area contributed by atoms with E-state index in [1.807, 2.05) is 0 Å². The molecule has 0 radical (unpaired) electrons. The smallest absolute Gasteiger partial charge is 0.322 e. The lowest BCUT2D eigenvalue weighted by atomic mass is 10.2. The molecule has 1 aromatic heterocycles. The largest absolute Gasteiger partial charge is 0.403 e. The molecule has 0 fully saturated rings. The second kappa shape index (κ2) is 6.58. The zero-order valence-electron chi connectivity index (χ0n) is 11.4. The van der Waals surface area contributed by atoms with Crippen LogP contribution in [0.2, 0.25) is 15.1 Å². The molecule has 2 aromatic carbocycles. The van der Waals surface area contributed by atoms with Crippen LogP contribution >= 0.6 is 34.8 Å². The first kappa shape index (κ1) is 15.8. The number of nitrogens with zero attached hydrogens (tertiary/aromatic N) is 2. The quantitative estimate of drug-likeness (QED) is 0.710. The molecule has 1 heterocycles. The maximum atomic E-state index is 12.1. The normalized spacial score (nSPS) is 10.6. The molecule has 23 heavy (non-hydrogen) atoms. The minimum atomic E-state index is -0.388. The Bertz CT molecular complexity index is 842. The maximum Gasteiger partial charge on any atom is 0.322 e. The minimum Gasteiger partial charge on any atom is -0.403 e. The average Bonchev–Trinajstić information content (AvgIpc) is 2.95. The van der Waals surface area contributed by atoms with E-state index in [9.17, 15) is 4.79 Å². The molecule has 8 heteroatoms. The number of carbonyl (C=O) groups is 1. The monoisotopic (exact) mass is 367 g/mol. The Labute approximate surface area is 146 Å². The molecule has 0 unspecified atom stereocenters. The lowest BCUT2D eigenvalue weighted by molar-refractivity contribution is 0.102. The summed E-state index contributed by atoms with van der Waals surface area (Å²) in [5.41, 5.74) is 0.974. The fraction of sp³-hybridized carbons (Fsp3) is 0. The summed E-state index contributed by atoms with van der Waals surface area (Å²) < 4.78 is 5.40. The Morgan fingerprint density at radius 3 is 2.22 bits per heavy atom. The van der Waals surface area contributed by atoms with Gasteiger partial charge in [0.25, 0.3) is 5.91 Å². The highest BCUT2D eigenvalue weighted by Crippen LogP contribution is 2.27. The van der Waals surface area contributed by atoms with E-state index in [2.05, 4.69) is 15.5 Å². The fourth-order valence-electron chi connectivity index (χ4n) is 1.84. The van der Waals surface area contributed by atoms with Gasteiger partial charge >= 0.3 is 6.01 Å². The van der Waals surface area contributed by atoms with E-state index in [1.54, 1.807) is 42.5 Å². The first-order valence-electron chi connectivity index (χ1n) is 6.38. The predicted molar refractivity (Wildman–Crippen MR) is 89.2 cm³/mol. The summed E-state index contributed by atoms with van der Waals surface area (Å²) in [7, 11) is 0. The highest BCUT2D eigenvalue weighted by molar-refractivity contribution is 6.35. The lowest BCUT2D eigenvalue weighted by Gasteiger charge is -2.00. The molecule has 0 bridgehead atoms. The summed E-state index contributed by atoms with van der Waals surface area (Å²) in [6.45, 7) is 0. The molecule has 0 saturated carbocycles. The van der Waals surface area contributed by atoms with Gasteiger partial charge in [-0.2, -0.15) is 0 Å². The molecule has 3 aromatic rings. The molecule has 0 aliphatic rings. The van der Waals surface area contributed by atoms with Crippen LogP contribution in [0.3, 0.4) is 0 Å². The number of benzene rings is 2. The van der Waals surface area contributed by atoms with E-state index in [0.717, 1.165) is 0 Å². The third-order valence-corrected chi connectivity index (χ3v) is 3.55. The van der Waals surface area contributed by atoms with Crippen LogP contribution in [0.25, 0.3) is 11.5 Å². The van der Waals surface area contributed by atoms with Gasteiger partial charge in [-0.1, -0.05) is 39.9 Å². The summed E-state index contributed by atoms with van der Waals surface area (Å²) in [5, 5.41) is 11.6. The van der Waals surface area contributed by atoms with Gasteiger partial charge in [0.2, 0.25) is 5.89 Å². The summed E-state index contributed by atoms with van der Waals surface area (Å²) in [5.74, 6) is -0.193. The van der Waals surface area contributed by atoms with Gasteiger partial charge in [-0.15, -0.1) is 5.10 Å². The number of aromatic nitrogens is 2. The first-order chi connectivity index (χ1) is 11.0. The van der Waals surface area contributed by atoms with Crippen molar-refractivity contribution in [3.05, 3.63) is 63.1 Å². The topological polar surface area (TPSA) is 68.0 Å². The Morgan fingerprint density at radius 2 is 1.57 bits per heavy atom. The van der Waals surface area contributed by atoms with Gasteiger partial charge in [0.1, 0.15) is 0 Å². The van der Waals surface area contributed by atoms with Crippen LogP contribution < -0.4 is 5.32 Å². The second-order valence-electron chi connectivity index (χ2n) is 4.53. The van der Waals surface area contributed by atoms with Gasteiger partial charge in [-0.05, 0) is 42.5 Å². The summed E-state index contributed by atoms with van der Waals surface area (Å²) in [6.07, 6.45) is 0. The van der Waals surface area contributed by atoms with E-state index in [-0.39, 0.29) is 17.8 Å². The Hall–Kier alpha value is -2.08. The van der Waals surface area contributed by atoms with Crippen molar-refractivity contribution in [2.75, 3.05) is 5.32 Å². The SMILES string of the molecule is O=C(Nc1nnc(-c2cc(Cl)cc(Cl)c2)o1)c1ccc(Cl)cc1. The third-order valence-electron chi connectivity index (χ3n) is 2.86. The van der Waals surface area contributed by atoms with Gasteiger partial charge in [0.15, 0.2) is 0 Å². The molecule has 1 N–H and O–H groups in total. The summed E-state index contributed by atoms with van der Waals surface area (Å²) >= 11 is 17.6. The molecule has 0 aliphatic heterocycles. The Balaban J connectivity index is 1.79. The van der Waals surface area contributed by atoms with Crippen LogP contribution in [-0.2, 0) is 0 Å². The highest BCUT2D eigenvalue weighted by Gasteiger charge is 2.13. The minimum absolute atomic E-state index is 0.0314. The molecular formula is C15H8Cl3N3O2. The van der Waals surface area contributed by atoms with Crippen LogP contribution in [0.1, 0.15) is 10.4 Å². The first-order valence-corrected chi connectivity index (χ1v) is 7.51. The van der Waals surface area contributed by atoms with Gasteiger partial charge in [-0.3, -0.25) is 10.1 Å². The number of anilines is 1. The van der Waals surface area contributed by atoms with E-state index in [1.165, 1.54) is 0 Å². The van der Waals surface area contributed by atoms with Gasteiger partial charge in [-0.25, -0.2) is 0 Å². The van der Waals surface area contributed by atoms with Crippen molar-refractivity contribution < 1.29 is 9.21 Å². The Morgan fingerprint density at radius 1 is 0.913 bits per heavy atom. The molecule has 0 aliphatic carbocycles. The van der Waals surface area contributed by atoms with Crippen molar-refractivity contribution in [2.45, 2.75) is 0 Å². The van der Waals surface area contributed by atoms with E-state index >= 15 is 0 Å². The van der Waals surface area contributed by atoms with Crippen LogP contribution in [0.15, 0.2) is 46.9 Å². The molecular weight excluding hydrogens is 361 g/mol. The molecule has 0 atom stereocenters. The Kier molecular flexibility index (Phi) is 4.52. The highest BCUT2D eigenvalue weighted by atomic mass is 35.5. The molecule has 116 valence electrons. The molecule has 1 amide bonds. The van der Waals surface area contributed by atoms with E-state index in [0.29, 0.717) is 26.2 Å². The number of halogens is 3. The fourth-order valence-corrected chi connectivity index (χ4v) is 2.49. The van der Waals surface area contributed by atoms with E-state index in [4.69, 9.17) is 39.2 Å². The van der Waals surface area contributed by atoms with Crippen molar-refractivity contribution in [3.8, 4) is 11.5 Å². The van der Waals surface area contributed by atoms with Gasteiger partial charge in [0.05, 0.1) is 0 Å². The lowest BCUT2D eigenvalue weighted by Crippen LogP contribution is -2.11. The maximum absolute atomic E-state index is 12.1. The van der Waals surface area contributed by atoms with Crippen molar-refractivity contribution in [2.24, 2.45) is 0 Å². The van der Waals surface area contributed by atoms with Gasteiger partial charge in [0, 0.05) is 26.2 Å². The predicted octanol–water partition coefficient (Wildman–Crippen LogP) is 4.95. The average molecular weight is 369 g/mol. The van der Waals surface area contributed by atoms with E-state index < -0.39 is 0 Å². The number of hydrogen-bond donors (Lipinski definition) is 1. The number of carbonyl (C=O) groups excluding carboxylic acids is 1. The van der Waals surface area contributed by atoms with Crippen molar-refractivity contribution in [3.63, 3.8) is 0 Å². The zero-order chi connectivity index (χ0) is 16.4. The second-order valence-corrected chi connectivity index (χ2v) is 5.84. The molecule has 5 nitrogen and oxygen atoms in total. The molecule has 0 spiro atoms. The van der Waals surface area contributed by atoms with Crippen molar-refractivity contribution in [1.82, 2.24) is 10.2 Å². The van der Waals surface area contributed by atoms with Gasteiger partial charge < -0.3 is 4.42 Å². The van der Waals surface area contributed by atoms with Crippen LogP contribution in [0.4, 0.5) is 6.01 Å².